The lowest BCUT2D eigenvalue weighted by molar-refractivity contribution is -0.152. The maximum atomic E-state index is 13.7. The fourth-order valence-corrected chi connectivity index (χ4v) is 3.86. The zero-order valence-electron chi connectivity index (χ0n) is 17.1. The number of ether oxygens (including phenoxy) is 2. The lowest BCUT2D eigenvalue weighted by atomic mass is 9.96. The number of hydrogen-bond acceptors (Lipinski definition) is 4. The quantitative estimate of drug-likeness (QED) is 0.741. The van der Waals surface area contributed by atoms with Crippen LogP contribution in [0.5, 0.6) is 0 Å². The molecule has 0 unspecified atom stereocenters. The zero-order valence-corrected chi connectivity index (χ0v) is 17.1. The van der Waals surface area contributed by atoms with Crippen molar-refractivity contribution in [3.63, 3.8) is 0 Å². The van der Waals surface area contributed by atoms with E-state index in [0.29, 0.717) is 23.5 Å². The molecule has 0 bridgehead atoms. The number of nitrogens with zero attached hydrogens (tertiary/aromatic N) is 1. The number of Topliss-reactive ketones (excluding diaryl/α,β-unsaturated/α-hetero) is 1. The molecule has 2 aliphatic rings. The molecule has 2 aliphatic heterocycles. The molecule has 0 N–H and O–H groups in total. The summed E-state index contributed by atoms with van der Waals surface area (Å²) in [6.45, 7) is 7.70. The third kappa shape index (κ3) is 3.25. The Kier molecular flexibility index (Phi) is 4.58. The van der Waals surface area contributed by atoms with Crippen molar-refractivity contribution >= 4 is 17.4 Å². The molecule has 150 valence electrons. The molecule has 0 saturated carbocycles. The highest BCUT2D eigenvalue weighted by molar-refractivity contribution is 6.14. The summed E-state index contributed by atoms with van der Waals surface area (Å²) in [7, 11) is 0. The largest absolute Gasteiger partial charge is 0.477 e. The van der Waals surface area contributed by atoms with Crippen molar-refractivity contribution in [3.05, 3.63) is 77.4 Å². The monoisotopic (exact) mass is 391 g/mol. The van der Waals surface area contributed by atoms with Crippen LogP contribution in [0.3, 0.4) is 0 Å². The molecular weight excluding hydrogens is 366 g/mol. The number of rotatable bonds is 3. The molecule has 0 radical (unpaired) electrons. The number of carbonyl (C=O) groups is 2. The highest BCUT2D eigenvalue weighted by Crippen LogP contribution is 2.42. The van der Waals surface area contributed by atoms with Crippen LogP contribution < -0.4 is 0 Å². The Morgan fingerprint density at radius 1 is 0.966 bits per heavy atom. The fraction of sp³-hybridized carbons (Fsp3) is 0.333. The van der Waals surface area contributed by atoms with E-state index >= 15 is 0 Å². The maximum absolute atomic E-state index is 13.7. The average molecular weight is 391 g/mol. The molecule has 29 heavy (non-hydrogen) atoms. The second kappa shape index (κ2) is 6.85. The Morgan fingerprint density at radius 2 is 1.55 bits per heavy atom. The summed E-state index contributed by atoms with van der Waals surface area (Å²) in [5, 5.41) is 0. The van der Waals surface area contributed by atoms with Gasteiger partial charge in [0.25, 0.3) is 5.91 Å². The van der Waals surface area contributed by atoms with Gasteiger partial charge >= 0.3 is 0 Å². The third-order valence-electron chi connectivity index (χ3n) is 5.38. The minimum absolute atomic E-state index is 0.200. The summed E-state index contributed by atoms with van der Waals surface area (Å²) in [5.41, 5.74) is -0.0845. The second-order valence-corrected chi connectivity index (χ2v) is 8.57. The van der Waals surface area contributed by atoms with Gasteiger partial charge in [-0.15, -0.1) is 0 Å². The Morgan fingerprint density at radius 3 is 2.17 bits per heavy atom. The van der Waals surface area contributed by atoms with Gasteiger partial charge < -0.3 is 14.4 Å². The van der Waals surface area contributed by atoms with Crippen molar-refractivity contribution < 1.29 is 19.1 Å². The van der Waals surface area contributed by atoms with Gasteiger partial charge in [0.2, 0.25) is 0 Å². The minimum Gasteiger partial charge on any atom is -0.477 e. The number of benzene rings is 2. The van der Waals surface area contributed by atoms with Crippen molar-refractivity contribution in [3.8, 4) is 0 Å². The first-order valence-electron chi connectivity index (χ1n) is 9.76. The van der Waals surface area contributed by atoms with E-state index in [4.69, 9.17) is 9.47 Å². The molecule has 1 fully saturated rings. The van der Waals surface area contributed by atoms with Crippen LogP contribution in [0.2, 0.25) is 0 Å². The van der Waals surface area contributed by atoms with Gasteiger partial charge in [-0.05, 0) is 27.7 Å². The van der Waals surface area contributed by atoms with Crippen molar-refractivity contribution in [2.24, 2.45) is 0 Å². The molecule has 0 aliphatic carbocycles. The van der Waals surface area contributed by atoms with Crippen molar-refractivity contribution in [1.82, 2.24) is 4.90 Å². The molecule has 5 nitrogen and oxygen atoms in total. The summed E-state index contributed by atoms with van der Waals surface area (Å²) >= 11 is 0. The summed E-state index contributed by atoms with van der Waals surface area (Å²) in [6.07, 6.45) is -0.804. The van der Waals surface area contributed by atoms with Gasteiger partial charge in [0.15, 0.2) is 17.6 Å². The van der Waals surface area contributed by atoms with E-state index in [1.54, 1.807) is 30.9 Å². The summed E-state index contributed by atoms with van der Waals surface area (Å²) in [6, 6.07) is 18.5. The predicted molar refractivity (Wildman–Crippen MR) is 110 cm³/mol. The Bertz CT molecular complexity index is 976. The normalized spacial score (nSPS) is 22.7. The second-order valence-electron chi connectivity index (χ2n) is 8.57. The molecule has 0 aromatic heterocycles. The SMILES string of the molecule is CC1(C)OC(c2ccccc2)=C(C(=O)c2ccccc2)[C@@H]2OCC(C)(C)N2C1=O. The first kappa shape index (κ1) is 19.4. The van der Waals surface area contributed by atoms with Crippen LogP contribution in [-0.4, -0.2) is 40.6 Å². The number of carbonyl (C=O) groups excluding carboxylic acids is 2. The molecule has 2 aromatic carbocycles. The highest BCUT2D eigenvalue weighted by atomic mass is 16.5. The molecule has 1 atom stereocenters. The molecule has 1 saturated heterocycles. The van der Waals surface area contributed by atoms with Crippen LogP contribution >= 0.6 is 0 Å². The minimum atomic E-state index is -1.15. The van der Waals surface area contributed by atoms with Gasteiger partial charge in [-0.1, -0.05) is 60.7 Å². The Labute approximate surface area is 170 Å². The van der Waals surface area contributed by atoms with Gasteiger partial charge in [0.05, 0.1) is 17.7 Å². The highest BCUT2D eigenvalue weighted by Gasteiger charge is 2.54. The van der Waals surface area contributed by atoms with Crippen LogP contribution in [0.25, 0.3) is 5.76 Å². The Balaban J connectivity index is 1.98. The lowest BCUT2D eigenvalue weighted by Crippen LogP contribution is -2.55. The summed E-state index contributed by atoms with van der Waals surface area (Å²) in [5.74, 6) is -0.0139. The number of amides is 1. The smallest absolute Gasteiger partial charge is 0.269 e. The van der Waals surface area contributed by atoms with Crippen molar-refractivity contribution in [1.29, 1.82) is 0 Å². The molecule has 0 spiro atoms. The van der Waals surface area contributed by atoms with Crippen LogP contribution in [0.1, 0.15) is 43.6 Å². The Hall–Kier alpha value is -2.92. The lowest BCUT2D eigenvalue weighted by Gasteiger charge is -2.36. The molecule has 5 heteroatoms. The topological polar surface area (TPSA) is 55.8 Å². The summed E-state index contributed by atoms with van der Waals surface area (Å²) in [4.78, 5) is 28.7. The first-order chi connectivity index (χ1) is 13.7. The van der Waals surface area contributed by atoms with E-state index in [1.165, 1.54) is 0 Å². The van der Waals surface area contributed by atoms with Crippen LogP contribution in [0.4, 0.5) is 0 Å². The van der Waals surface area contributed by atoms with Crippen LogP contribution in [-0.2, 0) is 14.3 Å². The van der Waals surface area contributed by atoms with Crippen LogP contribution in [0.15, 0.2) is 66.2 Å². The number of ketones is 1. The van der Waals surface area contributed by atoms with Gasteiger partial charge in [0.1, 0.15) is 5.76 Å². The third-order valence-corrected chi connectivity index (χ3v) is 5.38. The molecule has 2 aromatic rings. The van der Waals surface area contributed by atoms with Gasteiger partial charge in [-0.3, -0.25) is 9.59 Å². The van der Waals surface area contributed by atoms with E-state index in [9.17, 15) is 9.59 Å². The molecule has 2 heterocycles. The van der Waals surface area contributed by atoms with Crippen molar-refractivity contribution in [2.45, 2.75) is 45.1 Å². The van der Waals surface area contributed by atoms with E-state index in [-0.39, 0.29) is 11.7 Å². The first-order valence-corrected chi connectivity index (χ1v) is 9.76. The van der Waals surface area contributed by atoms with E-state index < -0.39 is 17.4 Å². The van der Waals surface area contributed by atoms with Gasteiger partial charge in [-0.25, -0.2) is 0 Å². The maximum Gasteiger partial charge on any atom is 0.269 e. The standard InChI is InChI=1S/C24H25NO4/c1-23(2)15-28-21-18(19(26)16-11-7-5-8-12-16)20(17-13-9-6-10-14-17)29-24(3,4)22(27)25(21)23/h5-14,21H,15H2,1-4H3/t21-/m0/s1. The van der Waals surface area contributed by atoms with E-state index in [0.717, 1.165) is 5.56 Å². The van der Waals surface area contributed by atoms with Crippen LogP contribution in [0, 0.1) is 0 Å². The zero-order chi connectivity index (χ0) is 20.8. The molecule has 4 rings (SSSR count). The van der Waals surface area contributed by atoms with Gasteiger partial charge in [-0.2, -0.15) is 0 Å². The number of fused-ring (bicyclic) bond motifs is 1. The number of hydrogen-bond donors (Lipinski definition) is 0. The predicted octanol–water partition coefficient (Wildman–Crippen LogP) is 4.05. The average Bonchev–Trinajstić information content (AvgIpc) is 2.97. The molecule has 1 amide bonds. The van der Waals surface area contributed by atoms with E-state index in [2.05, 4.69) is 0 Å². The summed E-state index contributed by atoms with van der Waals surface area (Å²) < 4.78 is 12.3. The van der Waals surface area contributed by atoms with Crippen molar-refractivity contribution in [2.75, 3.05) is 6.61 Å². The molecular formula is C24H25NO4. The fourth-order valence-electron chi connectivity index (χ4n) is 3.86. The van der Waals surface area contributed by atoms with E-state index in [1.807, 2.05) is 62.4 Å². The van der Waals surface area contributed by atoms with Gasteiger partial charge in [0, 0.05) is 11.1 Å².